The predicted molar refractivity (Wildman–Crippen MR) is 86.8 cm³/mol. The van der Waals surface area contributed by atoms with Gasteiger partial charge in [-0.3, -0.25) is 4.72 Å². The van der Waals surface area contributed by atoms with Crippen LogP contribution in [0.2, 0.25) is 0 Å². The van der Waals surface area contributed by atoms with Gasteiger partial charge in [0.1, 0.15) is 21.5 Å². The number of rotatable bonds is 4. The summed E-state index contributed by atoms with van der Waals surface area (Å²) >= 11 is 4.16. The van der Waals surface area contributed by atoms with E-state index >= 15 is 0 Å². The van der Waals surface area contributed by atoms with Gasteiger partial charge in [-0.1, -0.05) is 0 Å². The number of halogens is 3. The zero-order chi connectivity index (χ0) is 16.6. The van der Waals surface area contributed by atoms with E-state index in [9.17, 15) is 17.2 Å². The molecule has 0 saturated carbocycles. The summed E-state index contributed by atoms with van der Waals surface area (Å²) in [4.78, 5) is 6.74. The third-order valence-electron chi connectivity index (χ3n) is 2.88. The summed E-state index contributed by atoms with van der Waals surface area (Å²) in [5, 5.41) is 2.37. The van der Waals surface area contributed by atoms with Gasteiger partial charge in [0.2, 0.25) is 0 Å². The first-order valence-corrected chi connectivity index (χ1v) is 9.28. The Morgan fingerprint density at radius 2 is 2.00 bits per heavy atom. The van der Waals surface area contributed by atoms with E-state index in [0.717, 1.165) is 12.1 Å². The zero-order valence-corrected chi connectivity index (χ0v) is 14.4. The summed E-state index contributed by atoms with van der Waals surface area (Å²) in [6, 6.07) is 2.99. The highest BCUT2D eigenvalue weighted by Gasteiger charge is 2.20. The maximum absolute atomic E-state index is 13.8. The van der Waals surface area contributed by atoms with Gasteiger partial charge in [0.05, 0.1) is 15.9 Å². The lowest BCUT2D eigenvalue weighted by atomic mass is 10.3. The second-order valence-electron chi connectivity index (χ2n) is 4.44. The molecular formula is C13H8BrF2N3O2S2. The van der Waals surface area contributed by atoms with Crippen molar-refractivity contribution in [2.24, 2.45) is 0 Å². The third kappa shape index (κ3) is 3.28. The maximum Gasteiger partial charge on any atom is 0.263 e. The number of sulfonamides is 1. The number of anilines is 1. The molecule has 0 spiro atoms. The fourth-order valence-corrected chi connectivity index (χ4v) is 3.80. The molecule has 0 aliphatic carbocycles. The number of benzene rings is 1. The molecule has 23 heavy (non-hydrogen) atoms. The van der Waals surface area contributed by atoms with E-state index in [-0.39, 0.29) is 9.37 Å². The summed E-state index contributed by atoms with van der Waals surface area (Å²) in [7, 11) is -4.06. The van der Waals surface area contributed by atoms with Crippen LogP contribution in [0.3, 0.4) is 0 Å². The van der Waals surface area contributed by atoms with E-state index in [2.05, 4.69) is 25.9 Å². The average Bonchev–Trinajstić information content (AvgIpc) is 3.15. The minimum Gasteiger partial charge on any atom is -0.358 e. The van der Waals surface area contributed by atoms with Gasteiger partial charge in [0.15, 0.2) is 0 Å². The van der Waals surface area contributed by atoms with Crippen molar-refractivity contribution in [3.05, 3.63) is 52.1 Å². The van der Waals surface area contributed by atoms with Gasteiger partial charge in [-0.15, -0.1) is 11.3 Å². The van der Waals surface area contributed by atoms with Crippen LogP contribution in [0.1, 0.15) is 0 Å². The van der Waals surface area contributed by atoms with Crippen molar-refractivity contribution < 1.29 is 17.2 Å². The van der Waals surface area contributed by atoms with Crippen molar-refractivity contribution in [2.75, 3.05) is 4.72 Å². The van der Waals surface area contributed by atoms with Crippen molar-refractivity contribution in [1.29, 1.82) is 0 Å². The predicted octanol–water partition coefficient (Wildman–Crippen LogP) is 3.98. The van der Waals surface area contributed by atoms with E-state index in [1.165, 1.54) is 23.6 Å². The standard InChI is InChI=1S/C13H8BrF2N3O2S2/c14-8-4-10(16)11(5-9(8)15)19-23(20,21)7-3-12(18-6-7)13-17-1-2-22-13/h1-6,18-19H. The summed E-state index contributed by atoms with van der Waals surface area (Å²) in [6.45, 7) is 0. The Hall–Kier alpha value is -1.78. The molecule has 2 aromatic heterocycles. The molecule has 5 nitrogen and oxygen atoms in total. The first-order valence-electron chi connectivity index (χ1n) is 6.12. The van der Waals surface area contributed by atoms with E-state index < -0.39 is 27.3 Å². The largest absolute Gasteiger partial charge is 0.358 e. The molecule has 0 aliphatic heterocycles. The molecule has 0 fully saturated rings. The van der Waals surface area contributed by atoms with Gasteiger partial charge in [-0.25, -0.2) is 22.2 Å². The van der Waals surface area contributed by atoms with Gasteiger partial charge in [0, 0.05) is 23.8 Å². The molecular weight excluding hydrogens is 412 g/mol. The molecule has 3 rings (SSSR count). The molecule has 0 unspecified atom stereocenters. The molecule has 3 aromatic rings. The second kappa shape index (κ2) is 6.02. The van der Waals surface area contributed by atoms with Crippen molar-refractivity contribution in [2.45, 2.75) is 4.90 Å². The molecule has 0 atom stereocenters. The van der Waals surface area contributed by atoms with E-state index in [4.69, 9.17) is 0 Å². The molecule has 1 aromatic carbocycles. The van der Waals surface area contributed by atoms with Gasteiger partial charge in [0.25, 0.3) is 10.0 Å². The summed E-state index contributed by atoms with van der Waals surface area (Å²) < 4.78 is 53.7. The summed E-state index contributed by atoms with van der Waals surface area (Å²) in [5.41, 5.74) is 0.0468. The molecule has 0 amide bonds. The first-order chi connectivity index (χ1) is 10.9. The maximum atomic E-state index is 13.8. The number of hydrogen-bond donors (Lipinski definition) is 2. The molecule has 0 bridgehead atoms. The fourth-order valence-electron chi connectivity index (χ4n) is 1.81. The summed E-state index contributed by atoms with van der Waals surface area (Å²) in [6.07, 6.45) is 2.85. The van der Waals surface area contributed by atoms with Gasteiger partial charge < -0.3 is 4.98 Å². The van der Waals surface area contributed by atoms with Gasteiger partial charge >= 0.3 is 0 Å². The van der Waals surface area contributed by atoms with E-state index in [1.54, 1.807) is 11.6 Å². The van der Waals surface area contributed by atoms with Crippen LogP contribution in [0.25, 0.3) is 10.7 Å². The first kappa shape index (κ1) is 16.1. The Labute approximate surface area is 142 Å². The van der Waals surface area contributed by atoms with Crippen LogP contribution >= 0.6 is 27.3 Å². The van der Waals surface area contributed by atoms with Gasteiger partial charge in [-0.2, -0.15) is 0 Å². The molecule has 10 heteroatoms. The van der Waals surface area contributed by atoms with E-state index in [1.807, 2.05) is 4.72 Å². The zero-order valence-electron chi connectivity index (χ0n) is 11.2. The number of hydrogen-bond acceptors (Lipinski definition) is 4. The van der Waals surface area contributed by atoms with Crippen LogP contribution in [0.15, 0.2) is 45.3 Å². The van der Waals surface area contributed by atoms with Crippen molar-refractivity contribution in [3.8, 4) is 10.7 Å². The third-order valence-corrected chi connectivity index (χ3v) is 5.64. The number of nitrogens with zero attached hydrogens (tertiary/aromatic N) is 1. The minimum absolute atomic E-state index is 0.0920. The highest BCUT2D eigenvalue weighted by Crippen LogP contribution is 2.27. The highest BCUT2D eigenvalue weighted by molar-refractivity contribution is 9.10. The Bertz CT molecular complexity index is 956. The van der Waals surface area contributed by atoms with Crippen LogP contribution in [-0.4, -0.2) is 18.4 Å². The minimum atomic E-state index is -4.06. The lowest BCUT2D eigenvalue weighted by Gasteiger charge is -2.08. The monoisotopic (exact) mass is 419 g/mol. The topological polar surface area (TPSA) is 74.8 Å². The average molecular weight is 420 g/mol. The summed E-state index contributed by atoms with van der Waals surface area (Å²) in [5.74, 6) is -1.67. The number of nitrogens with one attached hydrogen (secondary N) is 2. The Morgan fingerprint density at radius 3 is 2.70 bits per heavy atom. The van der Waals surface area contributed by atoms with Crippen LogP contribution in [0.5, 0.6) is 0 Å². The quantitative estimate of drug-likeness (QED) is 0.627. The molecule has 0 aliphatic rings. The highest BCUT2D eigenvalue weighted by atomic mass is 79.9. The molecule has 0 radical (unpaired) electrons. The fraction of sp³-hybridized carbons (Fsp3) is 0. The smallest absolute Gasteiger partial charge is 0.263 e. The number of thiazole rings is 1. The van der Waals surface area contributed by atoms with Gasteiger partial charge in [-0.05, 0) is 28.1 Å². The molecule has 120 valence electrons. The Balaban J connectivity index is 1.92. The molecule has 0 saturated heterocycles. The lowest BCUT2D eigenvalue weighted by Crippen LogP contribution is -2.13. The SMILES string of the molecule is O=S(=O)(Nc1cc(F)c(Br)cc1F)c1c[nH]c(-c2nccs2)c1. The van der Waals surface area contributed by atoms with Crippen molar-refractivity contribution >= 4 is 43.0 Å². The molecule has 2 N–H and O–H groups in total. The van der Waals surface area contributed by atoms with Crippen molar-refractivity contribution in [1.82, 2.24) is 9.97 Å². The number of H-pyrrole nitrogens is 1. The Morgan fingerprint density at radius 1 is 1.22 bits per heavy atom. The molecule has 2 heterocycles. The lowest BCUT2D eigenvalue weighted by molar-refractivity contribution is 0.592. The van der Waals surface area contributed by atoms with Crippen LogP contribution in [0, 0.1) is 11.6 Å². The number of aromatic nitrogens is 2. The normalized spacial score (nSPS) is 11.6. The second-order valence-corrected chi connectivity index (χ2v) is 7.87. The van der Waals surface area contributed by atoms with Crippen LogP contribution in [0.4, 0.5) is 14.5 Å². The van der Waals surface area contributed by atoms with Crippen LogP contribution < -0.4 is 4.72 Å². The Kier molecular flexibility index (Phi) is 4.21. The van der Waals surface area contributed by atoms with Crippen LogP contribution in [-0.2, 0) is 10.0 Å². The number of aromatic amines is 1. The van der Waals surface area contributed by atoms with Crippen molar-refractivity contribution in [3.63, 3.8) is 0 Å². The van der Waals surface area contributed by atoms with E-state index in [0.29, 0.717) is 10.7 Å².